The van der Waals surface area contributed by atoms with E-state index in [4.69, 9.17) is 9.47 Å². The molecule has 26 heavy (non-hydrogen) atoms. The number of anilines is 1. The molecule has 0 spiro atoms. The average Bonchev–Trinajstić information content (AvgIpc) is 3.16. The number of methoxy groups -OCH3 is 2. The fraction of sp³-hybridized carbons (Fsp3) is 0.389. The largest absolute Gasteiger partial charge is 0.497 e. The summed E-state index contributed by atoms with van der Waals surface area (Å²) in [7, 11) is 3.03. The summed E-state index contributed by atoms with van der Waals surface area (Å²) in [5.74, 6) is 0.652. The van der Waals surface area contributed by atoms with E-state index in [9.17, 15) is 9.59 Å². The average molecular weight is 361 g/mol. The molecule has 1 aromatic carbocycles. The molecule has 0 saturated heterocycles. The number of benzene rings is 1. The van der Waals surface area contributed by atoms with E-state index in [1.54, 1.807) is 18.2 Å². The van der Waals surface area contributed by atoms with Gasteiger partial charge in [0.05, 0.1) is 19.8 Å². The van der Waals surface area contributed by atoms with Crippen LogP contribution in [0.1, 0.15) is 30.1 Å². The molecule has 0 aliphatic rings. The van der Waals surface area contributed by atoms with Crippen LogP contribution < -0.4 is 14.8 Å². The molecule has 2 aromatic rings. The summed E-state index contributed by atoms with van der Waals surface area (Å²) in [4.78, 5) is 26.7. The fourth-order valence-electron chi connectivity index (χ4n) is 2.38. The lowest BCUT2D eigenvalue weighted by Gasteiger charge is -2.23. The van der Waals surface area contributed by atoms with Gasteiger partial charge in [-0.3, -0.25) is 9.59 Å². The molecule has 0 saturated carbocycles. The van der Waals surface area contributed by atoms with Gasteiger partial charge >= 0.3 is 0 Å². The van der Waals surface area contributed by atoms with E-state index in [0.29, 0.717) is 29.4 Å². The highest BCUT2D eigenvalue weighted by Gasteiger charge is 2.22. The number of carbonyl (C=O) groups is 2. The molecule has 0 unspecified atom stereocenters. The Kier molecular flexibility index (Phi) is 7.02. The van der Waals surface area contributed by atoms with E-state index in [1.807, 2.05) is 6.92 Å². The monoisotopic (exact) mass is 361 g/mol. The Bertz CT molecular complexity index is 730. The summed E-state index contributed by atoms with van der Waals surface area (Å²) in [5, 5.41) is 6.22. The zero-order valence-corrected chi connectivity index (χ0v) is 15.2. The Morgan fingerprint density at radius 3 is 2.65 bits per heavy atom. The fourth-order valence-corrected chi connectivity index (χ4v) is 2.38. The smallest absolute Gasteiger partial charge is 0.258 e. The predicted octanol–water partition coefficient (Wildman–Crippen LogP) is 2.57. The van der Waals surface area contributed by atoms with Gasteiger partial charge in [-0.15, -0.1) is 0 Å². The van der Waals surface area contributed by atoms with Crippen molar-refractivity contribution in [2.24, 2.45) is 0 Å². The maximum absolute atomic E-state index is 13.0. The second-order valence-corrected chi connectivity index (χ2v) is 5.58. The lowest BCUT2D eigenvalue weighted by Crippen LogP contribution is -2.38. The molecule has 1 heterocycles. The van der Waals surface area contributed by atoms with Crippen molar-refractivity contribution in [3.8, 4) is 11.5 Å². The van der Waals surface area contributed by atoms with Gasteiger partial charge in [0.2, 0.25) is 5.91 Å². The van der Waals surface area contributed by atoms with Gasteiger partial charge in [0, 0.05) is 18.7 Å². The third kappa shape index (κ3) is 4.98. The number of rotatable bonds is 9. The molecule has 8 nitrogen and oxygen atoms in total. The predicted molar refractivity (Wildman–Crippen MR) is 95.5 cm³/mol. The molecule has 8 heteroatoms. The molecule has 0 radical (unpaired) electrons. The van der Waals surface area contributed by atoms with E-state index in [1.165, 1.54) is 31.4 Å². The van der Waals surface area contributed by atoms with Crippen molar-refractivity contribution in [3.63, 3.8) is 0 Å². The van der Waals surface area contributed by atoms with Crippen LogP contribution in [-0.2, 0) is 4.79 Å². The Labute approximate surface area is 152 Å². The summed E-state index contributed by atoms with van der Waals surface area (Å²) in [6.07, 6.45) is 3.04. The summed E-state index contributed by atoms with van der Waals surface area (Å²) >= 11 is 0. The van der Waals surface area contributed by atoms with Crippen molar-refractivity contribution in [1.29, 1.82) is 0 Å². The van der Waals surface area contributed by atoms with Crippen LogP contribution in [0.25, 0.3) is 0 Å². The molecule has 0 bridgehead atoms. The van der Waals surface area contributed by atoms with Gasteiger partial charge in [-0.25, -0.2) is 0 Å². The van der Waals surface area contributed by atoms with E-state index in [2.05, 4.69) is 15.0 Å². The van der Waals surface area contributed by atoms with E-state index in [0.717, 1.165) is 12.8 Å². The number of hydrogen-bond acceptors (Lipinski definition) is 6. The second-order valence-electron chi connectivity index (χ2n) is 5.58. The molecule has 1 aromatic heterocycles. The first-order valence-electron chi connectivity index (χ1n) is 8.30. The number of carbonyl (C=O) groups excluding carboxylic acids is 2. The van der Waals surface area contributed by atoms with Crippen LogP contribution in [0.5, 0.6) is 11.5 Å². The summed E-state index contributed by atoms with van der Waals surface area (Å²) < 4.78 is 15.1. The summed E-state index contributed by atoms with van der Waals surface area (Å²) in [5.41, 5.74) is 0.374. The first-order valence-corrected chi connectivity index (χ1v) is 8.30. The maximum Gasteiger partial charge on any atom is 0.258 e. The highest BCUT2D eigenvalue weighted by molar-refractivity contribution is 6.00. The molecule has 0 atom stereocenters. The van der Waals surface area contributed by atoms with E-state index in [-0.39, 0.29) is 18.4 Å². The number of amides is 2. The number of ether oxygens (including phenoxy) is 2. The van der Waals surface area contributed by atoms with Crippen LogP contribution in [0.3, 0.4) is 0 Å². The van der Waals surface area contributed by atoms with Crippen molar-refractivity contribution in [2.75, 3.05) is 32.6 Å². The van der Waals surface area contributed by atoms with Crippen molar-refractivity contribution in [1.82, 2.24) is 10.1 Å². The van der Waals surface area contributed by atoms with Gasteiger partial charge in [-0.1, -0.05) is 18.5 Å². The molecular formula is C18H23N3O5. The van der Waals surface area contributed by atoms with Crippen molar-refractivity contribution in [3.05, 3.63) is 36.1 Å². The van der Waals surface area contributed by atoms with Crippen LogP contribution in [0, 0.1) is 0 Å². The second kappa shape index (κ2) is 9.45. The minimum Gasteiger partial charge on any atom is -0.497 e. The van der Waals surface area contributed by atoms with Gasteiger partial charge in [0.1, 0.15) is 24.3 Å². The van der Waals surface area contributed by atoms with E-state index >= 15 is 0 Å². The molecule has 0 aliphatic heterocycles. The highest BCUT2D eigenvalue weighted by Crippen LogP contribution is 2.26. The van der Waals surface area contributed by atoms with Gasteiger partial charge in [0.15, 0.2) is 5.82 Å². The van der Waals surface area contributed by atoms with Crippen molar-refractivity contribution >= 4 is 17.6 Å². The first kappa shape index (κ1) is 19.3. The molecular weight excluding hydrogens is 338 g/mol. The zero-order chi connectivity index (χ0) is 18.9. The van der Waals surface area contributed by atoms with Crippen molar-refractivity contribution < 1.29 is 23.6 Å². The number of nitrogens with zero attached hydrogens (tertiary/aromatic N) is 2. The summed E-state index contributed by atoms with van der Waals surface area (Å²) in [6, 6.07) is 6.49. The van der Waals surface area contributed by atoms with E-state index < -0.39 is 0 Å². The SMILES string of the molecule is CCCCN(CC(=O)Nc1ccon1)C(=O)c1ccc(OC)cc1OC. The van der Waals surface area contributed by atoms with Crippen molar-refractivity contribution in [2.45, 2.75) is 19.8 Å². The van der Waals surface area contributed by atoms with Crippen LogP contribution in [0.2, 0.25) is 0 Å². The Balaban J connectivity index is 2.16. The van der Waals surface area contributed by atoms with Crippen LogP contribution >= 0.6 is 0 Å². The first-order chi connectivity index (χ1) is 12.6. The zero-order valence-electron chi connectivity index (χ0n) is 15.2. The number of hydrogen-bond donors (Lipinski definition) is 1. The third-order valence-corrected chi connectivity index (χ3v) is 3.75. The third-order valence-electron chi connectivity index (χ3n) is 3.75. The standard InChI is InChI=1S/C18H23N3O5/c1-4-5-9-21(12-17(22)19-16-8-10-26-20-16)18(23)14-7-6-13(24-2)11-15(14)25-3/h6-8,10-11H,4-5,9,12H2,1-3H3,(H,19,20,22). The molecule has 140 valence electrons. The highest BCUT2D eigenvalue weighted by atomic mass is 16.5. The topological polar surface area (TPSA) is 93.9 Å². The van der Waals surface area contributed by atoms with Gasteiger partial charge in [-0.05, 0) is 18.6 Å². The molecule has 2 amide bonds. The molecule has 0 fully saturated rings. The lowest BCUT2D eigenvalue weighted by atomic mass is 10.1. The van der Waals surface area contributed by atoms with Crippen LogP contribution in [0.4, 0.5) is 5.82 Å². The maximum atomic E-state index is 13.0. The molecule has 2 rings (SSSR count). The number of unbranched alkanes of at least 4 members (excludes halogenated alkanes) is 1. The molecule has 0 aliphatic carbocycles. The minimum absolute atomic E-state index is 0.0964. The normalized spacial score (nSPS) is 10.3. The molecule has 1 N–H and O–H groups in total. The number of aromatic nitrogens is 1. The Hall–Kier alpha value is -3.03. The van der Waals surface area contributed by atoms with Crippen LogP contribution in [-0.4, -0.2) is 49.2 Å². The van der Waals surface area contributed by atoms with Gasteiger partial charge < -0.3 is 24.2 Å². The summed E-state index contributed by atoms with van der Waals surface area (Å²) in [6.45, 7) is 2.38. The minimum atomic E-state index is -0.351. The number of nitrogens with one attached hydrogen (secondary N) is 1. The van der Waals surface area contributed by atoms with Gasteiger partial charge in [0.25, 0.3) is 5.91 Å². The Morgan fingerprint density at radius 1 is 1.23 bits per heavy atom. The lowest BCUT2D eigenvalue weighted by molar-refractivity contribution is -0.117. The van der Waals surface area contributed by atoms with Crippen LogP contribution in [0.15, 0.2) is 35.1 Å². The van der Waals surface area contributed by atoms with Gasteiger partial charge in [-0.2, -0.15) is 0 Å². The quantitative estimate of drug-likeness (QED) is 0.738. The Morgan fingerprint density at radius 2 is 2.04 bits per heavy atom.